The van der Waals surface area contributed by atoms with Crippen molar-refractivity contribution in [2.45, 2.75) is 25.9 Å². The van der Waals surface area contributed by atoms with Crippen LogP contribution in [0.1, 0.15) is 25.5 Å². The molecule has 5 nitrogen and oxygen atoms in total. The molecule has 0 aliphatic carbocycles. The molecule has 1 aromatic carbocycles. The topological polar surface area (TPSA) is 60.5 Å². The van der Waals surface area contributed by atoms with Gasteiger partial charge < -0.3 is 9.47 Å². The first-order chi connectivity index (χ1) is 10.1. The lowest BCUT2D eigenvalue weighted by molar-refractivity contribution is -0.125. The fraction of sp³-hybridized carbons (Fsp3) is 0.333. The average molecular weight is 304 g/mol. The molecule has 0 saturated carbocycles. The van der Waals surface area contributed by atoms with Crippen LogP contribution in [0.15, 0.2) is 29.6 Å². The molecule has 0 fully saturated rings. The summed E-state index contributed by atoms with van der Waals surface area (Å²) < 4.78 is 11.2. The fourth-order valence-corrected chi connectivity index (χ4v) is 2.82. The highest BCUT2D eigenvalue weighted by molar-refractivity contribution is 7.13. The lowest BCUT2D eigenvalue weighted by Gasteiger charge is -2.25. The first-order valence-electron chi connectivity index (χ1n) is 6.78. The van der Waals surface area contributed by atoms with E-state index < -0.39 is 6.10 Å². The van der Waals surface area contributed by atoms with Crippen molar-refractivity contribution in [3.63, 3.8) is 0 Å². The van der Waals surface area contributed by atoms with E-state index in [4.69, 9.17) is 9.47 Å². The van der Waals surface area contributed by atoms with E-state index in [0.717, 1.165) is 5.69 Å². The van der Waals surface area contributed by atoms with E-state index in [2.05, 4.69) is 24.1 Å². The number of hydrogen-bond donors (Lipinski definition) is 1. The summed E-state index contributed by atoms with van der Waals surface area (Å²) in [6.07, 6.45) is -0.661. The maximum absolute atomic E-state index is 12.2. The predicted molar refractivity (Wildman–Crippen MR) is 81.2 cm³/mol. The van der Waals surface area contributed by atoms with Crippen molar-refractivity contribution in [2.24, 2.45) is 0 Å². The van der Waals surface area contributed by atoms with E-state index in [1.807, 2.05) is 23.6 Å². The fourth-order valence-electron chi connectivity index (χ4n) is 1.94. The highest BCUT2D eigenvalue weighted by atomic mass is 32.1. The van der Waals surface area contributed by atoms with E-state index >= 15 is 0 Å². The van der Waals surface area contributed by atoms with Crippen molar-refractivity contribution in [3.8, 4) is 11.5 Å². The van der Waals surface area contributed by atoms with Gasteiger partial charge >= 0.3 is 0 Å². The molecular formula is C15H16N2O3S. The molecule has 1 aliphatic heterocycles. The highest BCUT2D eigenvalue weighted by Crippen LogP contribution is 2.31. The van der Waals surface area contributed by atoms with Crippen LogP contribution in [0, 0.1) is 0 Å². The van der Waals surface area contributed by atoms with Gasteiger partial charge in [0.15, 0.2) is 16.6 Å². The zero-order valence-corrected chi connectivity index (χ0v) is 12.6. The number of rotatable bonds is 3. The number of ether oxygens (including phenoxy) is 2. The Morgan fingerprint density at radius 2 is 2.14 bits per heavy atom. The maximum atomic E-state index is 12.2. The van der Waals surface area contributed by atoms with Crippen molar-refractivity contribution in [2.75, 3.05) is 11.9 Å². The van der Waals surface area contributed by atoms with Crippen molar-refractivity contribution >= 4 is 22.4 Å². The Labute approximate surface area is 126 Å². The maximum Gasteiger partial charge on any atom is 0.270 e. The number of hydrogen-bond acceptors (Lipinski definition) is 5. The Balaban J connectivity index is 1.66. The molecule has 0 radical (unpaired) electrons. The van der Waals surface area contributed by atoms with Crippen molar-refractivity contribution in [1.82, 2.24) is 4.98 Å². The van der Waals surface area contributed by atoms with Crippen molar-refractivity contribution in [1.29, 1.82) is 0 Å². The number of fused-ring (bicyclic) bond motifs is 1. The van der Waals surface area contributed by atoms with Gasteiger partial charge in [-0.1, -0.05) is 26.0 Å². The van der Waals surface area contributed by atoms with E-state index in [1.165, 1.54) is 11.3 Å². The zero-order chi connectivity index (χ0) is 14.8. The Morgan fingerprint density at radius 1 is 1.38 bits per heavy atom. The van der Waals surface area contributed by atoms with Crippen LogP contribution in [0.3, 0.4) is 0 Å². The van der Waals surface area contributed by atoms with Crippen LogP contribution >= 0.6 is 11.3 Å². The second kappa shape index (κ2) is 5.73. The third-order valence-electron chi connectivity index (χ3n) is 3.14. The minimum atomic E-state index is -0.661. The summed E-state index contributed by atoms with van der Waals surface area (Å²) in [5.74, 6) is 1.35. The first-order valence-corrected chi connectivity index (χ1v) is 7.66. The number of aromatic nitrogens is 1. The molecular weight excluding hydrogens is 288 g/mol. The van der Waals surface area contributed by atoms with Gasteiger partial charge in [-0.05, 0) is 18.1 Å². The molecule has 1 aliphatic rings. The van der Waals surface area contributed by atoms with Crippen LogP contribution in [-0.4, -0.2) is 23.6 Å². The number of nitrogens with one attached hydrogen (secondary N) is 1. The van der Waals surface area contributed by atoms with Crippen LogP contribution in [0.5, 0.6) is 11.5 Å². The quantitative estimate of drug-likeness (QED) is 0.947. The molecule has 3 rings (SSSR count). The number of nitrogens with zero attached hydrogens (tertiary/aromatic N) is 1. The normalized spacial score (nSPS) is 16.8. The van der Waals surface area contributed by atoms with Gasteiger partial charge in [0.1, 0.15) is 6.61 Å². The van der Waals surface area contributed by atoms with Crippen LogP contribution < -0.4 is 14.8 Å². The summed E-state index contributed by atoms with van der Waals surface area (Å²) in [5, 5.41) is 5.32. The van der Waals surface area contributed by atoms with Gasteiger partial charge in [-0.2, -0.15) is 0 Å². The third kappa shape index (κ3) is 3.00. The Bertz CT molecular complexity index is 654. The predicted octanol–water partition coefficient (Wildman–Crippen LogP) is 3.05. The SMILES string of the molecule is CC(C)c1csc(NC(=O)C2COc3ccccc3O2)n1. The van der Waals surface area contributed by atoms with Gasteiger partial charge in [-0.15, -0.1) is 11.3 Å². The van der Waals surface area contributed by atoms with Gasteiger partial charge in [-0.25, -0.2) is 4.98 Å². The lowest BCUT2D eigenvalue weighted by atomic mass is 10.2. The number of amides is 1. The molecule has 1 atom stereocenters. The first kappa shape index (κ1) is 13.9. The monoisotopic (exact) mass is 304 g/mol. The molecule has 0 saturated heterocycles. The molecule has 2 aromatic rings. The van der Waals surface area contributed by atoms with Crippen molar-refractivity contribution < 1.29 is 14.3 Å². The molecule has 0 spiro atoms. The van der Waals surface area contributed by atoms with E-state index in [-0.39, 0.29) is 12.5 Å². The minimum absolute atomic E-state index is 0.200. The highest BCUT2D eigenvalue weighted by Gasteiger charge is 2.27. The Morgan fingerprint density at radius 3 is 2.86 bits per heavy atom. The summed E-state index contributed by atoms with van der Waals surface area (Å²) in [5.41, 5.74) is 0.974. The van der Waals surface area contributed by atoms with Gasteiger partial charge in [-0.3, -0.25) is 10.1 Å². The number of anilines is 1. The Kier molecular flexibility index (Phi) is 3.79. The Hall–Kier alpha value is -2.08. The number of carbonyl (C=O) groups is 1. The molecule has 0 bridgehead atoms. The van der Waals surface area contributed by atoms with Crippen molar-refractivity contribution in [3.05, 3.63) is 35.3 Å². The summed E-state index contributed by atoms with van der Waals surface area (Å²) in [7, 11) is 0. The molecule has 1 N–H and O–H groups in total. The second-order valence-corrected chi connectivity index (χ2v) is 5.94. The number of carbonyl (C=O) groups excluding carboxylic acids is 1. The van der Waals surface area contributed by atoms with Crippen LogP contribution in [0.25, 0.3) is 0 Å². The zero-order valence-electron chi connectivity index (χ0n) is 11.8. The largest absolute Gasteiger partial charge is 0.485 e. The van der Waals surface area contributed by atoms with Crippen LogP contribution in [-0.2, 0) is 4.79 Å². The number of benzene rings is 1. The van der Waals surface area contributed by atoms with E-state index in [9.17, 15) is 4.79 Å². The number of para-hydroxylation sites is 2. The molecule has 21 heavy (non-hydrogen) atoms. The van der Waals surface area contributed by atoms with Gasteiger partial charge in [0.2, 0.25) is 6.10 Å². The minimum Gasteiger partial charge on any atom is -0.485 e. The summed E-state index contributed by atoms with van der Waals surface area (Å²) >= 11 is 1.42. The van der Waals surface area contributed by atoms with Gasteiger partial charge in [0.05, 0.1) is 5.69 Å². The third-order valence-corrected chi connectivity index (χ3v) is 3.92. The van der Waals surface area contributed by atoms with E-state index in [1.54, 1.807) is 6.07 Å². The van der Waals surface area contributed by atoms with E-state index in [0.29, 0.717) is 22.5 Å². The molecule has 6 heteroatoms. The smallest absolute Gasteiger partial charge is 0.270 e. The van der Waals surface area contributed by atoms with Crippen LogP contribution in [0.4, 0.5) is 5.13 Å². The molecule has 1 unspecified atom stereocenters. The number of thiazole rings is 1. The van der Waals surface area contributed by atoms with Gasteiger partial charge in [0, 0.05) is 5.38 Å². The van der Waals surface area contributed by atoms with Crippen LogP contribution in [0.2, 0.25) is 0 Å². The lowest BCUT2D eigenvalue weighted by Crippen LogP contribution is -2.40. The summed E-state index contributed by atoms with van der Waals surface area (Å²) in [6, 6.07) is 7.32. The summed E-state index contributed by atoms with van der Waals surface area (Å²) in [6.45, 7) is 4.33. The van der Waals surface area contributed by atoms with Gasteiger partial charge in [0.25, 0.3) is 5.91 Å². The molecule has 2 heterocycles. The second-order valence-electron chi connectivity index (χ2n) is 5.09. The molecule has 110 valence electrons. The molecule has 1 aromatic heterocycles. The average Bonchev–Trinajstić information content (AvgIpc) is 2.95. The standard InChI is InChI=1S/C15H16N2O3S/c1-9(2)10-8-21-15(16-10)17-14(18)13-7-19-11-5-3-4-6-12(11)20-13/h3-6,8-9,13H,7H2,1-2H3,(H,16,17,18). The molecule has 1 amide bonds. The summed E-state index contributed by atoms with van der Waals surface area (Å²) in [4.78, 5) is 16.6.